The summed E-state index contributed by atoms with van der Waals surface area (Å²) in [5.41, 5.74) is 4.07. The van der Waals surface area contributed by atoms with Crippen molar-refractivity contribution in [1.82, 2.24) is 0 Å². The Kier molecular flexibility index (Phi) is 4.86. The number of anilines is 2. The molecule has 0 saturated carbocycles. The van der Waals surface area contributed by atoms with Crippen molar-refractivity contribution < 1.29 is 4.79 Å². The van der Waals surface area contributed by atoms with Crippen molar-refractivity contribution in [3.63, 3.8) is 0 Å². The van der Waals surface area contributed by atoms with Crippen molar-refractivity contribution in [2.75, 3.05) is 10.6 Å². The second kappa shape index (κ2) is 6.64. The average Bonchev–Trinajstić information content (AvgIpc) is 2.46. The molecule has 0 aliphatic carbocycles. The summed E-state index contributed by atoms with van der Waals surface area (Å²) in [4.78, 5) is 12.2. The summed E-state index contributed by atoms with van der Waals surface area (Å²) < 4.78 is 0. The molecule has 4 heteroatoms. The van der Waals surface area contributed by atoms with Crippen LogP contribution in [0.5, 0.6) is 0 Å². The molecule has 0 aliphatic rings. The molecule has 2 N–H and O–H groups in total. The highest BCUT2D eigenvalue weighted by molar-refractivity contribution is 6.30. The van der Waals surface area contributed by atoms with Crippen LogP contribution in [0.25, 0.3) is 0 Å². The lowest BCUT2D eigenvalue weighted by Gasteiger charge is -2.17. The van der Waals surface area contributed by atoms with Gasteiger partial charge in [-0.15, -0.1) is 0 Å². The van der Waals surface area contributed by atoms with Gasteiger partial charge in [0.1, 0.15) is 6.04 Å². The SMILES string of the molecule is Cc1cccc(N[C@H](C)C(=O)Nc2ccc(Cl)cc2)c1C. The van der Waals surface area contributed by atoms with Crippen molar-refractivity contribution in [3.8, 4) is 0 Å². The van der Waals surface area contributed by atoms with Crippen molar-refractivity contribution in [1.29, 1.82) is 0 Å². The Morgan fingerprint density at radius 3 is 2.43 bits per heavy atom. The number of rotatable bonds is 4. The van der Waals surface area contributed by atoms with Gasteiger partial charge in [0, 0.05) is 16.4 Å². The number of nitrogens with one attached hydrogen (secondary N) is 2. The molecule has 3 nitrogen and oxygen atoms in total. The zero-order chi connectivity index (χ0) is 15.4. The molecule has 0 unspecified atom stereocenters. The lowest BCUT2D eigenvalue weighted by atomic mass is 10.1. The smallest absolute Gasteiger partial charge is 0.246 e. The molecular weight excluding hydrogens is 284 g/mol. The van der Waals surface area contributed by atoms with Crippen molar-refractivity contribution in [3.05, 3.63) is 58.6 Å². The second-order valence-electron chi connectivity index (χ2n) is 5.11. The van der Waals surface area contributed by atoms with Crippen molar-refractivity contribution in [2.24, 2.45) is 0 Å². The van der Waals surface area contributed by atoms with Gasteiger partial charge in [-0.05, 0) is 62.2 Å². The number of amides is 1. The molecule has 2 rings (SSSR count). The monoisotopic (exact) mass is 302 g/mol. The zero-order valence-electron chi connectivity index (χ0n) is 12.4. The van der Waals surface area contributed by atoms with Crippen molar-refractivity contribution in [2.45, 2.75) is 26.8 Å². The van der Waals surface area contributed by atoms with Crippen LogP contribution in [0.15, 0.2) is 42.5 Å². The van der Waals surface area contributed by atoms with E-state index in [1.165, 1.54) is 5.56 Å². The van der Waals surface area contributed by atoms with E-state index < -0.39 is 0 Å². The quantitative estimate of drug-likeness (QED) is 0.879. The molecule has 0 aromatic heterocycles. The number of aryl methyl sites for hydroxylation is 1. The minimum atomic E-state index is -0.332. The first-order chi connectivity index (χ1) is 9.97. The van der Waals surface area contributed by atoms with E-state index >= 15 is 0 Å². The third kappa shape index (κ3) is 3.99. The van der Waals surface area contributed by atoms with E-state index in [0.29, 0.717) is 5.02 Å². The first-order valence-corrected chi connectivity index (χ1v) is 7.24. The van der Waals surface area contributed by atoms with E-state index in [-0.39, 0.29) is 11.9 Å². The van der Waals surface area contributed by atoms with Crippen LogP contribution in [0, 0.1) is 13.8 Å². The van der Waals surface area contributed by atoms with E-state index in [0.717, 1.165) is 16.9 Å². The number of hydrogen-bond acceptors (Lipinski definition) is 2. The molecule has 0 spiro atoms. The summed E-state index contributed by atoms with van der Waals surface area (Å²) >= 11 is 5.83. The maximum absolute atomic E-state index is 12.2. The second-order valence-corrected chi connectivity index (χ2v) is 5.55. The van der Waals surface area contributed by atoms with Crippen LogP contribution < -0.4 is 10.6 Å². The van der Waals surface area contributed by atoms with Crippen LogP contribution >= 0.6 is 11.6 Å². The maximum Gasteiger partial charge on any atom is 0.246 e. The number of hydrogen-bond donors (Lipinski definition) is 2. The Balaban J connectivity index is 2.02. The third-order valence-electron chi connectivity index (χ3n) is 3.48. The van der Waals surface area contributed by atoms with Crippen LogP contribution in [0.3, 0.4) is 0 Å². The Hall–Kier alpha value is -2.00. The fourth-order valence-electron chi connectivity index (χ4n) is 1.99. The van der Waals surface area contributed by atoms with Crippen LogP contribution in [-0.2, 0) is 4.79 Å². The van der Waals surface area contributed by atoms with E-state index in [9.17, 15) is 4.79 Å². The minimum Gasteiger partial charge on any atom is -0.374 e. The summed E-state index contributed by atoms with van der Waals surface area (Å²) in [5.74, 6) is -0.0850. The number of benzene rings is 2. The predicted molar refractivity (Wildman–Crippen MR) is 89.1 cm³/mol. The molecule has 0 radical (unpaired) electrons. The lowest BCUT2D eigenvalue weighted by Crippen LogP contribution is -2.32. The number of carbonyl (C=O) groups excluding carboxylic acids is 1. The molecule has 0 heterocycles. The Bertz CT molecular complexity index is 638. The molecule has 2 aromatic carbocycles. The predicted octanol–water partition coefficient (Wildman–Crippen LogP) is 4.40. The van der Waals surface area contributed by atoms with E-state index in [2.05, 4.69) is 23.6 Å². The van der Waals surface area contributed by atoms with Crippen LogP contribution in [0.1, 0.15) is 18.1 Å². The van der Waals surface area contributed by atoms with Gasteiger partial charge in [0.2, 0.25) is 5.91 Å². The third-order valence-corrected chi connectivity index (χ3v) is 3.73. The number of carbonyl (C=O) groups is 1. The molecule has 0 fully saturated rings. The summed E-state index contributed by atoms with van der Waals surface area (Å²) in [5, 5.41) is 6.76. The Morgan fingerprint density at radius 2 is 1.76 bits per heavy atom. The van der Waals surface area contributed by atoms with Crippen molar-refractivity contribution >= 4 is 28.9 Å². The van der Waals surface area contributed by atoms with Gasteiger partial charge in [-0.3, -0.25) is 4.79 Å². The van der Waals surface area contributed by atoms with Crippen LogP contribution in [0.2, 0.25) is 5.02 Å². The maximum atomic E-state index is 12.2. The minimum absolute atomic E-state index is 0.0850. The standard InChI is InChI=1S/C17H19ClN2O/c1-11-5-4-6-16(12(11)2)19-13(3)17(21)20-15-9-7-14(18)8-10-15/h4-10,13,19H,1-3H3,(H,20,21)/t13-/m1/s1. The van der Waals surface area contributed by atoms with Gasteiger partial charge in [0.05, 0.1) is 0 Å². The summed E-state index contributed by atoms with van der Waals surface area (Å²) in [7, 11) is 0. The van der Waals surface area contributed by atoms with Crippen LogP contribution in [-0.4, -0.2) is 11.9 Å². The molecule has 1 amide bonds. The zero-order valence-corrected chi connectivity index (χ0v) is 13.2. The Labute approximate surface area is 130 Å². The number of halogens is 1. The van der Waals surface area contributed by atoms with E-state index in [1.807, 2.05) is 26.0 Å². The van der Waals surface area contributed by atoms with Gasteiger partial charge < -0.3 is 10.6 Å². The van der Waals surface area contributed by atoms with Gasteiger partial charge in [-0.1, -0.05) is 23.7 Å². The molecule has 0 aliphatic heterocycles. The summed E-state index contributed by atoms with van der Waals surface area (Å²) in [6, 6.07) is 12.7. The summed E-state index contributed by atoms with van der Waals surface area (Å²) in [6.45, 7) is 5.94. The largest absolute Gasteiger partial charge is 0.374 e. The Morgan fingerprint density at radius 1 is 1.10 bits per heavy atom. The lowest BCUT2D eigenvalue weighted by molar-refractivity contribution is -0.116. The molecule has 2 aromatic rings. The highest BCUT2D eigenvalue weighted by atomic mass is 35.5. The van der Waals surface area contributed by atoms with Gasteiger partial charge in [-0.25, -0.2) is 0 Å². The van der Waals surface area contributed by atoms with E-state index in [4.69, 9.17) is 11.6 Å². The normalized spacial score (nSPS) is 11.8. The fourth-order valence-corrected chi connectivity index (χ4v) is 2.12. The van der Waals surface area contributed by atoms with Gasteiger partial charge in [0.25, 0.3) is 0 Å². The molecular formula is C17H19ClN2O. The first-order valence-electron chi connectivity index (χ1n) is 6.86. The molecule has 110 valence electrons. The van der Waals surface area contributed by atoms with Gasteiger partial charge in [-0.2, -0.15) is 0 Å². The molecule has 0 saturated heterocycles. The molecule has 1 atom stereocenters. The molecule has 0 bridgehead atoms. The van der Waals surface area contributed by atoms with E-state index in [1.54, 1.807) is 24.3 Å². The summed E-state index contributed by atoms with van der Waals surface area (Å²) in [6.07, 6.45) is 0. The average molecular weight is 303 g/mol. The topological polar surface area (TPSA) is 41.1 Å². The van der Waals surface area contributed by atoms with Crippen LogP contribution in [0.4, 0.5) is 11.4 Å². The first kappa shape index (κ1) is 15.4. The highest BCUT2D eigenvalue weighted by Gasteiger charge is 2.14. The van der Waals surface area contributed by atoms with Gasteiger partial charge in [0.15, 0.2) is 0 Å². The molecule has 21 heavy (non-hydrogen) atoms. The highest BCUT2D eigenvalue weighted by Crippen LogP contribution is 2.19. The fraction of sp³-hybridized carbons (Fsp3) is 0.235. The van der Waals surface area contributed by atoms with Gasteiger partial charge >= 0.3 is 0 Å².